The van der Waals surface area contributed by atoms with Crippen LogP contribution in [0, 0.1) is 0 Å². The molecule has 0 bridgehead atoms. The number of ether oxygens (including phenoxy) is 1. The molecule has 0 aliphatic carbocycles. The molecule has 0 heterocycles. The molecule has 2 unspecified atom stereocenters. The first-order chi connectivity index (χ1) is 8.02. The summed E-state index contributed by atoms with van der Waals surface area (Å²) in [6.07, 6.45) is 0.518. The lowest BCUT2D eigenvalue weighted by atomic mass is 10.2. The largest absolute Gasteiger partial charge is 0.399 e. The molecule has 0 aromatic heterocycles. The Hall–Kier alpha value is -1.55. The molecular formula is C13H20N2O2. The van der Waals surface area contributed by atoms with Gasteiger partial charge in [0.25, 0.3) is 5.91 Å². The van der Waals surface area contributed by atoms with Gasteiger partial charge in [-0.05, 0) is 44.5 Å². The predicted octanol–water partition coefficient (Wildman–Crippen LogP) is 2.41. The highest BCUT2D eigenvalue weighted by molar-refractivity contribution is 5.94. The number of nitrogens with one attached hydrogen (secondary N) is 1. The molecule has 1 aromatic rings. The van der Waals surface area contributed by atoms with Gasteiger partial charge in [-0.2, -0.15) is 0 Å². The molecule has 0 aliphatic heterocycles. The van der Waals surface area contributed by atoms with Crippen molar-refractivity contribution in [2.24, 2.45) is 0 Å². The van der Waals surface area contributed by atoms with Gasteiger partial charge in [0.05, 0.1) is 6.10 Å². The van der Waals surface area contributed by atoms with Gasteiger partial charge in [0.15, 0.2) is 0 Å². The Kier molecular flexibility index (Phi) is 4.97. The summed E-state index contributed by atoms with van der Waals surface area (Å²) in [5.74, 6) is -0.143. The second-order valence-electron chi connectivity index (χ2n) is 4.11. The standard InChI is InChI=1S/C13H20N2O2/c1-4-9(2)17-10(3)13(16)15-12-7-5-11(14)6-8-12/h5-10H,4,14H2,1-3H3,(H,15,16). The quantitative estimate of drug-likeness (QED) is 0.772. The Morgan fingerprint density at radius 2 is 1.94 bits per heavy atom. The molecule has 94 valence electrons. The van der Waals surface area contributed by atoms with Crippen molar-refractivity contribution in [3.8, 4) is 0 Å². The highest BCUT2D eigenvalue weighted by atomic mass is 16.5. The molecule has 0 spiro atoms. The Labute approximate surface area is 102 Å². The molecule has 1 amide bonds. The van der Waals surface area contributed by atoms with Crippen molar-refractivity contribution in [3.63, 3.8) is 0 Å². The number of nitrogen functional groups attached to an aromatic ring is 1. The summed E-state index contributed by atoms with van der Waals surface area (Å²) < 4.78 is 5.52. The molecule has 3 N–H and O–H groups in total. The zero-order chi connectivity index (χ0) is 12.8. The van der Waals surface area contributed by atoms with Crippen molar-refractivity contribution in [1.29, 1.82) is 0 Å². The highest BCUT2D eigenvalue weighted by Crippen LogP contribution is 2.11. The third-order valence-electron chi connectivity index (χ3n) is 2.56. The van der Waals surface area contributed by atoms with Crippen LogP contribution in [0.4, 0.5) is 11.4 Å². The third kappa shape index (κ3) is 4.44. The van der Waals surface area contributed by atoms with Crippen LogP contribution < -0.4 is 11.1 Å². The number of rotatable bonds is 5. The van der Waals surface area contributed by atoms with Crippen molar-refractivity contribution in [2.45, 2.75) is 39.4 Å². The molecule has 0 saturated carbocycles. The first-order valence-corrected chi connectivity index (χ1v) is 5.84. The number of amides is 1. The van der Waals surface area contributed by atoms with Crippen LogP contribution in [0.2, 0.25) is 0 Å². The minimum absolute atomic E-state index is 0.0853. The second kappa shape index (κ2) is 6.25. The Bertz CT molecular complexity index is 362. The first kappa shape index (κ1) is 13.5. The zero-order valence-electron chi connectivity index (χ0n) is 10.6. The summed E-state index contributed by atoms with van der Waals surface area (Å²) in [6.45, 7) is 5.72. The summed E-state index contributed by atoms with van der Waals surface area (Å²) in [4.78, 5) is 11.8. The van der Waals surface area contributed by atoms with E-state index in [2.05, 4.69) is 5.32 Å². The number of hydrogen-bond donors (Lipinski definition) is 2. The molecule has 0 saturated heterocycles. The van der Waals surface area contributed by atoms with Gasteiger partial charge < -0.3 is 15.8 Å². The molecule has 4 nitrogen and oxygen atoms in total. The number of anilines is 2. The lowest BCUT2D eigenvalue weighted by molar-refractivity contribution is -0.129. The minimum atomic E-state index is -0.456. The minimum Gasteiger partial charge on any atom is -0.399 e. The van der Waals surface area contributed by atoms with Crippen molar-refractivity contribution in [1.82, 2.24) is 0 Å². The molecule has 0 fully saturated rings. The van der Waals surface area contributed by atoms with E-state index in [0.29, 0.717) is 5.69 Å². The highest BCUT2D eigenvalue weighted by Gasteiger charge is 2.15. The summed E-state index contributed by atoms with van der Waals surface area (Å²) >= 11 is 0. The zero-order valence-corrected chi connectivity index (χ0v) is 10.6. The van der Waals surface area contributed by atoms with Crippen LogP contribution in [-0.4, -0.2) is 18.1 Å². The Morgan fingerprint density at radius 3 is 2.47 bits per heavy atom. The fraction of sp³-hybridized carbons (Fsp3) is 0.462. The number of carbonyl (C=O) groups is 1. The van der Waals surface area contributed by atoms with Crippen LogP contribution in [0.1, 0.15) is 27.2 Å². The van der Waals surface area contributed by atoms with Gasteiger partial charge >= 0.3 is 0 Å². The second-order valence-corrected chi connectivity index (χ2v) is 4.11. The lowest BCUT2D eigenvalue weighted by Gasteiger charge is -2.17. The lowest BCUT2D eigenvalue weighted by Crippen LogP contribution is -2.30. The van der Waals surface area contributed by atoms with Crippen molar-refractivity contribution < 1.29 is 9.53 Å². The van der Waals surface area contributed by atoms with Crippen molar-refractivity contribution in [3.05, 3.63) is 24.3 Å². The topological polar surface area (TPSA) is 64.3 Å². The Balaban J connectivity index is 2.51. The van der Waals surface area contributed by atoms with E-state index in [1.54, 1.807) is 31.2 Å². The van der Waals surface area contributed by atoms with Crippen molar-refractivity contribution >= 4 is 17.3 Å². The van der Waals surface area contributed by atoms with Gasteiger partial charge in [-0.15, -0.1) is 0 Å². The van der Waals surface area contributed by atoms with Gasteiger partial charge in [0.1, 0.15) is 6.10 Å². The van der Waals surface area contributed by atoms with Crippen LogP contribution in [0.15, 0.2) is 24.3 Å². The Morgan fingerprint density at radius 1 is 1.35 bits per heavy atom. The van der Waals surface area contributed by atoms with Crippen LogP contribution >= 0.6 is 0 Å². The van der Waals surface area contributed by atoms with E-state index in [9.17, 15) is 4.79 Å². The number of nitrogens with two attached hydrogens (primary N) is 1. The van der Waals surface area contributed by atoms with Crippen LogP contribution in [-0.2, 0) is 9.53 Å². The number of benzene rings is 1. The van der Waals surface area contributed by atoms with E-state index in [0.717, 1.165) is 12.1 Å². The van der Waals surface area contributed by atoms with Gasteiger partial charge in [-0.25, -0.2) is 0 Å². The summed E-state index contributed by atoms with van der Waals surface area (Å²) in [6, 6.07) is 7.03. The monoisotopic (exact) mass is 236 g/mol. The molecule has 1 rings (SSSR count). The first-order valence-electron chi connectivity index (χ1n) is 5.84. The molecule has 2 atom stereocenters. The average molecular weight is 236 g/mol. The van der Waals surface area contributed by atoms with E-state index < -0.39 is 6.10 Å². The maximum atomic E-state index is 11.8. The molecule has 0 aliphatic rings. The van der Waals surface area contributed by atoms with Gasteiger partial charge in [0, 0.05) is 11.4 Å². The number of hydrogen-bond acceptors (Lipinski definition) is 3. The van der Waals surface area contributed by atoms with E-state index in [-0.39, 0.29) is 12.0 Å². The summed E-state index contributed by atoms with van der Waals surface area (Å²) in [7, 11) is 0. The summed E-state index contributed by atoms with van der Waals surface area (Å²) in [5.41, 5.74) is 6.96. The molecule has 4 heteroatoms. The van der Waals surface area contributed by atoms with Gasteiger partial charge in [0.2, 0.25) is 0 Å². The average Bonchev–Trinajstić information content (AvgIpc) is 2.31. The number of carbonyl (C=O) groups excluding carboxylic acids is 1. The fourth-order valence-electron chi connectivity index (χ4n) is 1.32. The van der Waals surface area contributed by atoms with E-state index in [1.165, 1.54) is 0 Å². The van der Waals surface area contributed by atoms with Crippen molar-refractivity contribution in [2.75, 3.05) is 11.1 Å². The molecule has 0 radical (unpaired) electrons. The smallest absolute Gasteiger partial charge is 0.253 e. The van der Waals surface area contributed by atoms with Crippen LogP contribution in [0.25, 0.3) is 0 Å². The summed E-state index contributed by atoms with van der Waals surface area (Å²) in [5, 5.41) is 2.78. The van der Waals surface area contributed by atoms with Gasteiger partial charge in [-0.1, -0.05) is 6.92 Å². The molecule has 17 heavy (non-hydrogen) atoms. The van der Waals surface area contributed by atoms with E-state index in [4.69, 9.17) is 10.5 Å². The predicted molar refractivity (Wildman–Crippen MR) is 69.8 cm³/mol. The van der Waals surface area contributed by atoms with E-state index in [1.807, 2.05) is 13.8 Å². The van der Waals surface area contributed by atoms with Crippen LogP contribution in [0.3, 0.4) is 0 Å². The molecule has 1 aromatic carbocycles. The third-order valence-corrected chi connectivity index (χ3v) is 2.56. The van der Waals surface area contributed by atoms with E-state index >= 15 is 0 Å². The SMILES string of the molecule is CCC(C)OC(C)C(=O)Nc1ccc(N)cc1. The maximum absolute atomic E-state index is 11.8. The normalized spacial score (nSPS) is 14.1. The molecular weight excluding hydrogens is 216 g/mol. The van der Waals surface area contributed by atoms with Crippen LogP contribution in [0.5, 0.6) is 0 Å². The fourth-order valence-corrected chi connectivity index (χ4v) is 1.32. The van der Waals surface area contributed by atoms with Gasteiger partial charge in [-0.3, -0.25) is 4.79 Å². The maximum Gasteiger partial charge on any atom is 0.253 e.